The highest BCUT2D eigenvalue weighted by Gasteiger charge is 2.42. The zero-order chi connectivity index (χ0) is 20.7. The Bertz CT molecular complexity index is 1030. The largest absolute Gasteiger partial charge is 0.376 e. The molecule has 3 aromatic heterocycles. The lowest BCUT2D eigenvalue weighted by atomic mass is 9.96. The van der Waals surface area contributed by atoms with Gasteiger partial charge in [0, 0.05) is 36.3 Å². The molecule has 5 rings (SSSR count). The van der Waals surface area contributed by atoms with Crippen molar-refractivity contribution in [3.63, 3.8) is 0 Å². The van der Waals surface area contributed by atoms with E-state index < -0.39 is 0 Å². The Hall–Kier alpha value is -2.78. The molecule has 0 unspecified atom stereocenters. The summed E-state index contributed by atoms with van der Waals surface area (Å²) in [6.07, 6.45) is 7.63. The van der Waals surface area contributed by atoms with Crippen molar-refractivity contribution < 1.29 is 4.74 Å². The molecule has 0 aromatic carbocycles. The van der Waals surface area contributed by atoms with Gasteiger partial charge in [0.1, 0.15) is 12.7 Å². The van der Waals surface area contributed by atoms with Crippen molar-refractivity contribution in [1.29, 1.82) is 0 Å². The first-order valence-electron chi connectivity index (χ1n) is 10.3. The Balaban J connectivity index is 1.58. The van der Waals surface area contributed by atoms with Crippen molar-refractivity contribution in [3.8, 4) is 0 Å². The molecule has 2 aliphatic rings. The molecule has 0 amide bonds. The first-order chi connectivity index (χ1) is 14.6. The lowest BCUT2D eigenvalue weighted by Crippen LogP contribution is -2.36. The van der Waals surface area contributed by atoms with Crippen LogP contribution in [0.1, 0.15) is 47.6 Å². The molecule has 5 heterocycles. The van der Waals surface area contributed by atoms with Gasteiger partial charge in [-0.25, -0.2) is 4.68 Å². The summed E-state index contributed by atoms with van der Waals surface area (Å²) in [5, 5.41) is 12.2. The summed E-state index contributed by atoms with van der Waals surface area (Å²) in [5.74, 6) is 0. The fourth-order valence-electron chi connectivity index (χ4n) is 4.68. The number of aromatic nitrogens is 5. The topological polar surface area (TPSA) is 73.0 Å². The van der Waals surface area contributed by atoms with Gasteiger partial charge >= 0.3 is 0 Å². The molecular weight excluding hydrogens is 398 g/mol. The third-order valence-electron chi connectivity index (χ3n) is 6.01. The lowest BCUT2D eigenvalue weighted by Gasteiger charge is -2.30. The molecule has 8 nitrogen and oxygen atoms in total. The molecule has 0 aliphatic carbocycles. The van der Waals surface area contributed by atoms with Gasteiger partial charge in [-0.05, 0) is 57.1 Å². The van der Waals surface area contributed by atoms with Gasteiger partial charge < -0.3 is 15.0 Å². The van der Waals surface area contributed by atoms with Crippen LogP contribution in [0.15, 0.2) is 43.1 Å². The number of hydrogen-bond donors (Lipinski definition) is 1. The van der Waals surface area contributed by atoms with Gasteiger partial charge in [-0.1, -0.05) is 6.07 Å². The maximum atomic E-state index is 5.94. The summed E-state index contributed by atoms with van der Waals surface area (Å²) in [6, 6.07) is 8.24. The third kappa shape index (κ3) is 3.27. The van der Waals surface area contributed by atoms with Gasteiger partial charge in [0.25, 0.3) is 0 Å². The molecule has 0 spiro atoms. The van der Waals surface area contributed by atoms with Crippen LogP contribution in [0.3, 0.4) is 0 Å². The Morgan fingerprint density at radius 2 is 2.07 bits per heavy atom. The van der Waals surface area contributed by atoms with E-state index in [1.54, 1.807) is 12.7 Å². The highest BCUT2D eigenvalue weighted by Crippen LogP contribution is 2.41. The molecule has 2 aliphatic heterocycles. The Morgan fingerprint density at radius 3 is 2.77 bits per heavy atom. The predicted molar refractivity (Wildman–Crippen MR) is 116 cm³/mol. The molecule has 3 aromatic rings. The number of rotatable bonds is 5. The van der Waals surface area contributed by atoms with E-state index in [4.69, 9.17) is 17.0 Å². The van der Waals surface area contributed by atoms with Crippen LogP contribution in [-0.2, 0) is 4.74 Å². The molecule has 0 saturated carbocycles. The first-order valence-corrected chi connectivity index (χ1v) is 10.7. The van der Waals surface area contributed by atoms with Gasteiger partial charge in [-0.2, -0.15) is 0 Å². The normalized spacial score (nSPS) is 23.9. The molecule has 9 heteroatoms. The number of pyridine rings is 1. The summed E-state index contributed by atoms with van der Waals surface area (Å²) >= 11 is 5.79. The highest BCUT2D eigenvalue weighted by molar-refractivity contribution is 7.80. The number of thiocarbonyl (C=S) groups is 1. The van der Waals surface area contributed by atoms with E-state index in [2.05, 4.69) is 56.1 Å². The summed E-state index contributed by atoms with van der Waals surface area (Å²) in [7, 11) is 0. The number of nitrogens with zero attached hydrogens (tertiary/aromatic N) is 6. The maximum Gasteiger partial charge on any atom is 0.170 e. The van der Waals surface area contributed by atoms with E-state index in [-0.39, 0.29) is 18.2 Å². The van der Waals surface area contributed by atoms with Crippen LogP contribution >= 0.6 is 12.2 Å². The smallest absolute Gasteiger partial charge is 0.170 e. The first kappa shape index (κ1) is 19.2. The number of hydrogen-bond acceptors (Lipinski definition) is 5. The van der Waals surface area contributed by atoms with Crippen LogP contribution in [0, 0.1) is 13.8 Å². The van der Waals surface area contributed by atoms with Gasteiger partial charge in [-0.15, -0.1) is 10.2 Å². The highest BCUT2D eigenvalue weighted by atomic mass is 32.1. The van der Waals surface area contributed by atoms with E-state index in [0.29, 0.717) is 0 Å². The fraction of sp³-hybridized carbons (Fsp3) is 0.429. The van der Waals surface area contributed by atoms with Crippen LogP contribution in [0.2, 0.25) is 0 Å². The number of ether oxygens (including phenoxy) is 1. The molecule has 156 valence electrons. The molecular formula is C21H25N7OS. The van der Waals surface area contributed by atoms with E-state index in [9.17, 15) is 0 Å². The zero-order valence-corrected chi connectivity index (χ0v) is 17.9. The van der Waals surface area contributed by atoms with E-state index in [1.807, 2.05) is 23.0 Å². The van der Waals surface area contributed by atoms with E-state index in [0.717, 1.165) is 48.2 Å². The Kier molecular flexibility index (Phi) is 5.00. The standard InChI is InChI=1S/C21H25N7OS/c1-14-10-17(15(2)28(14)26-12-23-24-13-26)20-19(18-7-3-4-8-22-18)25-21(30)27(20)11-16-6-5-9-29-16/h3-4,7-8,10,12-13,16,19-20H,5-6,9,11H2,1-2H3,(H,25,30)/t16-,19+,20+/m0/s1. The lowest BCUT2D eigenvalue weighted by molar-refractivity contribution is 0.0841. The van der Waals surface area contributed by atoms with Gasteiger partial charge in [0.05, 0.1) is 23.9 Å². The average molecular weight is 424 g/mol. The van der Waals surface area contributed by atoms with Crippen LogP contribution < -0.4 is 5.32 Å². The van der Waals surface area contributed by atoms with Crippen LogP contribution in [0.5, 0.6) is 0 Å². The summed E-state index contributed by atoms with van der Waals surface area (Å²) < 4.78 is 9.96. The van der Waals surface area contributed by atoms with Crippen molar-refractivity contribution in [2.45, 2.75) is 44.9 Å². The van der Waals surface area contributed by atoms with Crippen molar-refractivity contribution in [2.24, 2.45) is 0 Å². The molecule has 1 N–H and O–H groups in total. The van der Waals surface area contributed by atoms with Gasteiger partial charge in [0.2, 0.25) is 0 Å². The molecule has 0 radical (unpaired) electrons. The van der Waals surface area contributed by atoms with Gasteiger partial charge in [-0.3, -0.25) is 9.66 Å². The Labute approximate surface area is 180 Å². The SMILES string of the molecule is Cc1cc([C@@H]2[C@@H](c3ccccn3)NC(=S)N2C[C@@H]2CCCO2)c(C)n1-n1cnnc1. The predicted octanol–water partition coefficient (Wildman–Crippen LogP) is 2.55. The minimum Gasteiger partial charge on any atom is -0.376 e. The van der Waals surface area contributed by atoms with Crippen molar-refractivity contribution in [1.82, 2.24) is 34.8 Å². The van der Waals surface area contributed by atoms with E-state index >= 15 is 0 Å². The molecule has 3 atom stereocenters. The second kappa shape index (κ2) is 7.81. The van der Waals surface area contributed by atoms with E-state index in [1.165, 1.54) is 5.56 Å². The van der Waals surface area contributed by atoms with Crippen molar-refractivity contribution in [3.05, 3.63) is 65.8 Å². The Morgan fingerprint density at radius 1 is 1.23 bits per heavy atom. The summed E-state index contributed by atoms with van der Waals surface area (Å²) in [5.41, 5.74) is 4.43. The number of aryl methyl sites for hydroxylation is 1. The monoisotopic (exact) mass is 423 g/mol. The average Bonchev–Trinajstić information content (AvgIpc) is 3.53. The molecule has 2 fully saturated rings. The van der Waals surface area contributed by atoms with Crippen LogP contribution in [0.25, 0.3) is 0 Å². The minimum absolute atomic E-state index is 0.0213. The summed E-state index contributed by atoms with van der Waals surface area (Å²) in [6.45, 7) is 5.83. The van der Waals surface area contributed by atoms with Crippen molar-refractivity contribution in [2.75, 3.05) is 13.2 Å². The molecule has 30 heavy (non-hydrogen) atoms. The number of nitrogens with one attached hydrogen (secondary N) is 1. The minimum atomic E-state index is -0.0324. The quantitative estimate of drug-likeness (QED) is 0.632. The zero-order valence-electron chi connectivity index (χ0n) is 17.1. The maximum absolute atomic E-state index is 5.94. The molecule has 2 saturated heterocycles. The van der Waals surface area contributed by atoms with Crippen LogP contribution in [-0.4, -0.2) is 53.8 Å². The summed E-state index contributed by atoms with van der Waals surface area (Å²) in [4.78, 5) is 6.91. The third-order valence-corrected chi connectivity index (χ3v) is 6.36. The van der Waals surface area contributed by atoms with Crippen LogP contribution in [0.4, 0.5) is 0 Å². The van der Waals surface area contributed by atoms with Crippen molar-refractivity contribution >= 4 is 17.3 Å². The second-order valence-electron chi connectivity index (χ2n) is 7.89. The second-order valence-corrected chi connectivity index (χ2v) is 8.28. The molecule has 0 bridgehead atoms. The fourth-order valence-corrected chi connectivity index (χ4v) is 4.99. The van der Waals surface area contributed by atoms with Gasteiger partial charge in [0.15, 0.2) is 5.11 Å².